The number of nitrogens with one attached hydrogen (secondary N) is 2. The summed E-state index contributed by atoms with van der Waals surface area (Å²) in [4.78, 5) is 20.7. The lowest BCUT2D eigenvalue weighted by Crippen LogP contribution is -2.56. The highest BCUT2D eigenvalue weighted by atomic mass is 16.2. The molecule has 1 saturated carbocycles. The Balaban J connectivity index is 1.46. The van der Waals surface area contributed by atoms with Gasteiger partial charge in [-0.15, -0.1) is 0 Å². The lowest BCUT2D eigenvalue weighted by molar-refractivity contribution is 0.124. The first-order valence-corrected chi connectivity index (χ1v) is 11.0. The number of rotatable bonds is 4. The van der Waals surface area contributed by atoms with Crippen LogP contribution in [0.5, 0.6) is 0 Å². The van der Waals surface area contributed by atoms with E-state index in [9.17, 15) is 4.79 Å². The molecule has 5 rings (SSSR count). The minimum absolute atomic E-state index is 0.0780. The van der Waals surface area contributed by atoms with E-state index in [1.165, 1.54) is 35.0 Å². The molecule has 0 bridgehead atoms. The van der Waals surface area contributed by atoms with Gasteiger partial charge in [0.15, 0.2) is 0 Å². The average molecular weight is 381 g/mol. The summed E-state index contributed by atoms with van der Waals surface area (Å²) in [5.74, 6) is 1.24. The Kier molecular flexibility index (Phi) is 4.38. The Morgan fingerprint density at radius 3 is 2.79 bits per heavy atom. The molecule has 2 heterocycles. The predicted molar refractivity (Wildman–Crippen MR) is 113 cm³/mol. The van der Waals surface area contributed by atoms with Gasteiger partial charge in [-0.1, -0.05) is 12.1 Å². The number of likely N-dealkylation sites (tertiary alicyclic amines) is 1. The highest BCUT2D eigenvalue weighted by Crippen LogP contribution is 2.49. The standard InChI is InChI=1S/C23H32N4O/c1-4-27(5-2)23(28)24-15-11-17-16-7-6-8-19-21(16)18(12-20(17)26(3)13-15)22(25-19)14-9-10-14/h6-8,14-15,17,20,25H,4-5,9-13H2,1-3H3,(H,24,28)/t15-,17+,20+/m0/s1. The van der Waals surface area contributed by atoms with Gasteiger partial charge in [0.1, 0.15) is 0 Å². The Bertz CT molecular complexity index is 895. The van der Waals surface area contributed by atoms with Crippen LogP contribution >= 0.6 is 0 Å². The minimum atomic E-state index is 0.0780. The molecule has 0 unspecified atom stereocenters. The number of carbonyl (C=O) groups excluding carboxylic acids is 1. The molecule has 1 saturated heterocycles. The molecule has 150 valence electrons. The second-order valence-electron chi connectivity index (χ2n) is 8.93. The fourth-order valence-electron chi connectivity index (χ4n) is 5.66. The van der Waals surface area contributed by atoms with Gasteiger partial charge in [0.2, 0.25) is 0 Å². The van der Waals surface area contributed by atoms with Crippen LogP contribution in [-0.2, 0) is 6.42 Å². The zero-order chi connectivity index (χ0) is 19.4. The van der Waals surface area contributed by atoms with Crippen molar-refractivity contribution >= 4 is 16.9 Å². The zero-order valence-corrected chi connectivity index (χ0v) is 17.3. The first-order valence-electron chi connectivity index (χ1n) is 11.0. The van der Waals surface area contributed by atoms with Gasteiger partial charge in [0.05, 0.1) is 0 Å². The van der Waals surface area contributed by atoms with Crippen molar-refractivity contribution in [1.29, 1.82) is 0 Å². The molecule has 2 aromatic rings. The summed E-state index contributed by atoms with van der Waals surface area (Å²) in [6, 6.07) is 7.59. The van der Waals surface area contributed by atoms with E-state index in [1.807, 2.05) is 18.7 Å². The number of aromatic amines is 1. The molecule has 1 aromatic carbocycles. The largest absolute Gasteiger partial charge is 0.358 e. The summed E-state index contributed by atoms with van der Waals surface area (Å²) >= 11 is 0. The number of nitrogens with zero attached hydrogens (tertiary/aromatic N) is 2. The average Bonchev–Trinajstić information content (AvgIpc) is 3.46. The molecule has 2 N–H and O–H groups in total. The van der Waals surface area contributed by atoms with E-state index in [1.54, 1.807) is 5.56 Å². The topological polar surface area (TPSA) is 51.4 Å². The van der Waals surface area contributed by atoms with E-state index in [2.05, 4.69) is 40.4 Å². The van der Waals surface area contributed by atoms with Crippen LogP contribution in [0.25, 0.3) is 10.9 Å². The van der Waals surface area contributed by atoms with Gasteiger partial charge in [-0.3, -0.25) is 0 Å². The Morgan fingerprint density at radius 2 is 2.07 bits per heavy atom. The molecule has 0 radical (unpaired) electrons. The fraction of sp³-hybridized carbons (Fsp3) is 0.609. The number of urea groups is 1. The van der Waals surface area contributed by atoms with Crippen molar-refractivity contribution in [2.45, 2.75) is 63.5 Å². The molecular weight excluding hydrogens is 348 g/mol. The maximum atomic E-state index is 12.6. The predicted octanol–water partition coefficient (Wildman–Crippen LogP) is 3.81. The summed E-state index contributed by atoms with van der Waals surface area (Å²) in [7, 11) is 2.24. The fourth-order valence-corrected chi connectivity index (χ4v) is 5.66. The van der Waals surface area contributed by atoms with Crippen molar-refractivity contribution in [2.75, 3.05) is 26.7 Å². The number of carbonyl (C=O) groups is 1. The maximum absolute atomic E-state index is 12.6. The SMILES string of the molecule is CCN(CC)C(=O)N[C@H]1C[C@@H]2c3cccc4[nH]c(C5CC5)c(c34)C[C@H]2N(C)C1. The number of benzene rings is 1. The van der Waals surface area contributed by atoms with E-state index < -0.39 is 0 Å². The van der Waals surface area contributed by atoms with Crippen LogP contribution in [0.2, 0.25) is 0 Å². The number of hydrogen-bond acceptors (Lipinski definition) is 2. The van der Waals surface area contributed by atoms with Crippen LogP contribution in [0.1, 0.15) is 61.8 Å². The number of amides is 2. The molecule has 3 atom stereocenters. The number of piperidine rings is 1. The highest BCUT2D eigenvalue weighted by molar-refractivity contribution is 5.90. The molecule has 1 aliphatic heterocycles. The number of aromatic nitrogens is 1. The molecule has 5 nitrogen and oxygen atoms in total. The first kappa shape index (κ1) is 18.0. The number of likely N-dealkylation sites (N-methyl/N-ethyl adjacent to an activating group) is 1. The van der Waals surface area contributed by atoms with E-state index in [-0.39, 0.29) is 12.1 Å². The van der Waals surface area contributed by atoms with Crippen molar-refractivity contribution < 1.29 is 4.79 Å². The Morgan fingerprint density at radius 1 is 1.29 bits per heavy atom. The summed E-state index contributed by atoms with van der Waals surface area (Å²) in [5, 5.41) is 4.79. The van der Waals surface area contributed by atoms with Gasteiger partial charge in [-0.25, -0.2) is 4.79 Å². The molecule has 0 spiro atoms. The van der Waals surface area contributed by atoms with E-state index in [4.69, 9.17) is 0 Å². The van der Waals surface area contributed by atoms with E-state index in [0.29, 0.717) is 12.0 Å². The van der Waals surface area contributed by atoms with Crippen molar-refractivity contribution in [3.05, 3.63) is 35.0 Å². The van der Waals surface area contributed by atoms with Crippen LogP contribution in [-0.4, -0.2) is 59.6 Å². The number of fused-ring (bicyclic) bond motifs is 2. The van der Waals surface area contributed by atoms with Crippen molar-refractivity contribution in [1.82, 2.24) is 20.1 Å². The van der Waals surface area contributed by atoms with Crippen LogP contribution in [0, 0.1) is 0 Å². The third-order valence-corrected chi connectivity index (χ3v) is 7.25. The van der Waals surface area contributed by atoms with Gasteiger partial charge in [-0.05, 0) is 69.7 Å². The van der Waals surface area contributed by atoms with Gasteiger partial charge in [0.25, 0.3) is 0 Å². The van der Waals surface area contributed by atoms with Crippen molar-refractivity contribution in [2.24, 2.45) is 0 Å². The van der Waals surface area contributed by atoms with Crippen LogP contribution in [0.4, 0.5) is 4.79 Å². The number of H-pyrrole nitrogens is 1. The van der Waals surface area contributed by atoms with Crippen LogP contribution < -0.4 is 5.32 Å². The van der Waals surface area contributed by atoms with Gasteiger partial charge >= 0.3 is 6.03 Å². The molecule has 1 aromatic heterocycles. The zero-order valence-electron chi connectivity index (χ0n) is 17.3. The molecule has 5 heteroatoms. The lowest BCUT2D eigenvalue weighted by atomic mass is 9.73. The second kappa shape index (κ2) is 6.80. The quantitative estimate of drug-likeness (QED) is 0.847. The third kappa shape index (κ3) is 2.83. The molecule has 3 aliphatic rings. The Labute approximate surface area is 167 Å². The monoisotopic (exact) mass is 380 g/mol. The second-order valence-corrected chi connectivity index (χ2v) is 8.93. The molecular formula is C23H32N4O. The summed E-state index contributed by atoms with van der Waals surface area (Å²) in [6.07, 6.45) is 4.84. The van der Waals surface area contributed by atoms with Crippen molar-refractivity contribution in [3.8, 4) is 0 Å². The maximum Gasteiger partial charge on any atom is 0.317 e. The molecule has 2 amide bonds. The normalized spacial score (nSPS) is 26.9. The molecule has 2 aliphatic carbocycles. The number of hydrogen-bond donors (Lipinski definition) is 2. The summed E-state index contributed by atoms with van der Waals surface area (Å²) < 4.78 is 0. The van der Waals surface area contributed by atoms with Gasteiger partial charge in [-0.2, -0.15) is 0 Å². The molecule has 2 fully saturated rings. The van der Waals surface area contributed by atoms with Gasteiger partial charge in [0, 0.05) is 54.2 Å². The Hall–Kier alpha value is -2.01. The van der Waals surface area contributed by atoms with Crippen LogP contribution in [0.3, 0.4) is 0 Å². The summed E-state index contributed by atoms with van der Waals surface area (Å²) in [5.41, 5.74) is 5.88. The molecule has 28 heavy (non-hydrogen) atoms. The van der Waals surface area contributed by atoms with Crippen LogP contribution in [0.15, 0.2) is 18.2 Å². The summed E-state index contributed by atoms with van der Waals surface area (Å²) in [6.45, 7) is 6.53. The lowest BCUT2D eigenvalue weighted by Gasteiger charge is -2.46. The smallest absolute Gasteiger partial charge is 0.317 e. The van der Waals surface area contributed by atoms with Gasteiger partial charge < -0.3 is 20.1 Å². The third-order valence-electron chi connectivity index (χ3n) is 7.25. The highest BCUT2D eigenvalue weighted by Gasteiger charge is 2.42. The van der Waals surface area contributed by atoms with E-state index in [0.717, 1.165) is 38.4 Å². The van der Waals surface area contributed by atoms with E-state index >= 15 is 0 Å². The van der Waals surface area contributed by atoms with Crippen molar-refractivity contribution in [3.63, 3.8) is 0 Å². The first-order chi connectivity index (χ1) is 13.6. The minimum Gasteiger partial charge on any atom is -0.358 e.